The number of nitrogens with zero attached hydrogens (tertiary/aromatic N) is 3. The lowest BCUT2D eigenvalue weighted by molar-refractivity contribution is 0.0690. The Labute approximate surface area is 106 Å². The van der Waals surface area contributed by atoms with Crippen molar-refractivity contribution < 1.29 is 9.90 Å². The molecule has 0 fully saturated rings. The molecule has 1 heterocycles. The standard InChI is InChI=1S/C11H10BrN3O2/c1-6-3-8(4-7(2)10(6)12)15-5-9(11(16)17)13-14-15/h3-5H,1-2H3,(H,16,17). The highest BCUT2D eigenvalue weighted by Gasteiger charge is 2.10. The zero-order valence-corrected chi connectivity index (χ0v) is 10.9. The maximum absolute atomic E-state index is 10.7. The molecule has 0 aliphatic rings. The summed E-state index contributed by atoms with van der Waals surface area (Å²) in [6.45, 7) is 3.94. The van der Waals surface area contributed by atoms with Crippen molar-refractivity contribution in [2.75, 3.05) is 0 Å². The van der Waals surface area contributed by atoms with E-state index in [4.69, 9.17) is 5.11 Å². The Morgan fingerprint density at radius 2 is 1.94 bits per heavy atom. The first-order valence-corrected chi connectivity index (χ1v) is 5.71. The molecule has 5 nitrogen and oxygen atoms in total. The number of carboxylic acid groups (broad SMARTS) is 1. The number of aromatic carboxylic acids is 1. The number of rotatable bonds is 2. The Balaban J connectivity index is 2.49. The molecule has 0 saturated heterocycles. The summed E-state index contributed by atoms with van der Waals surface area (Å²) < 4.78 is 2.50. The van der Waals surface area contributed by atoms with Crippen molar-refractivity contribution in [3.63, 3.8) is 0 Å². The lowest BCUT2D eigenvalue weighted by Crippen LogP contribution is -1.97. The lowest BCUT2D eigenvalue weighted by atomic mass is 10.1. The molecule has 2 aromatic rings. The predicted octanol–water partition coefficient (Wildman–Crippen LogP) is 2.34. The highest BCUT2D eigenvalue weighted by molar-refractivity contribution is 9.10. The molecular formula is C11H10BrN3O2. The number of carboxylic acids is 1. The van der Waals surface area contributed by atoms with Gasteiger partial charge in [-0.05, 0) is 37.1 Å². The summed E-state index contributed by atoms with van der Waals surface area (Å²) in [6, 6.07) is 3.83. The van der Waals surface area contributed by atoms with E-state index in [9.17, 15) is 4.79 Å². The molecule has 1 N–H and O–H groups in total. The molecule has 17 heavy (non-hydrogen) atoms. The van der Waals surface area contributed by atoms with Crippen molar-refractivity contribution in [1.82, 2.24) is 15.0 Å². The molecule has 0 aliphatic carbocycles. The summed E-state index contributed by atoms with van der Waals surface area (Å²) in [6.07, 6.45) is 1.39. The van der Waals surface area contributed by atoms with Crippen LogP contribution < -0.4 is 0 Å². The van der Waals surface area contributed by atoms with E-state index in [0.29, 0.717) is 0 Å². The molecule has 0 saturated carbocycles. The fraction of sp³-hybridized carbons (Fsp3) is 0.182. The highest BCUT2D eigenvalue weighted by Crippen LogP contribution is 2.24. The Hall–Kier alpha value is -1.69. The Morgan fingerprint density at radius 3 is 2.41 bits per heavy atom. The van der Waals surface area contributed by atoms with E-state index in [2.05, 4.69) is 26.2 Å². The van der Waals surface area contributed by atoms with E-state index in [1.165, 1.54) is 10.9 Å². The average Bonchev–Trinajstić information content (AvgIpc) is 2.74. The Kier molecular flexibility index (Phi) is 2.97. The quantitative estimate of drug-likeness (QED) is 0.923. The highest BCUT2D eigenvalue weighted by atomic mass is 79.9. The molecule has 0 bridgehead atoms. The molecule has 0 unspecified atom stereocenters. The summed E-state index contributed by atoms with van der Waals surface area (Å²) >= 11 is 3.47. The molecule has 1 aromatic heterocycles. The minimum absolute atomic E-state index is 0.0665. The van der Waals surface area contributed by atoms with E-state index in [1.807, 2.05) is 26.0 Å². The van der Waals surface area contributed by atoms with Gasteiger partial charge in [-0.15, -0.1) is 5.10 Å². The zero-order valence-electron chi connectivity index (χ0n) is 9.31. The minimum Gasteiger partial charge on any atom is -0.476 e. The number of aryl methyl sites for hydroxylation is 2. The van der Waals surface area contributed by atoms with Crippen LogP contribution in [0.25, 0.3) is 5.69 Å². The van der Waals surface area contributed by atoms with Gasteiger partial charge in [-0.25, -0.2) is 9.48 Å². The van der Waals surface area contributed by atoms with Crippen LogP contribution in [0.1, 0.15) is 21.6 Å². The first-order chi connectivity index (χ1) is 7.99. The van der Waals surface area contributed by atoms with Gasteiger partial charge in [-0.1, -0.05) is 21.1 Å². The average molecular weight is 296 g/mol. The van der Waals surface area contributed by atoms with Crippen molar-refractivity contribution in [3.05, 3.63) is 39.6 Å². The molecule has 0 aliphatic heterocycles. The number of hydrogen-bond acceptors (Lipinski definition) is 3. The number of halogens is 1. The second-order valence-corrected chi connectivity index (χ2v) is 4.54. The molecule has 6 heteroatoms. The molecule has 0 atom stereocenters. The monoisotopic (exact) mass is 295 g/mol. The van der Waals surface area contributed by atoms with Crippen LogP contribution in [0.4, 0.5) is 0 Å². The molecule has 0 amide bonds. The Bertz CT molecular complexity index is 569. The summed E-state index contributed by atoms with van der Waals surface area (Å²) in [5.41, 5.74) is 2.85. The SMILES string of the molecule is Cc1cc(-n2cc(C(=O)O)nn2)cc(C)c1Br. The van der Waals surface area contributed by atoms with Gasteiger partial charge in [0.2, 0.25) is 0 Å². The van der Waals surface area contributed by atoms with Crippen LogP contribution in [-0.2, 0) is 0 Å². The lowest BCUT2D eigenvalue weighted by Gasteiger charge is -2.06. The molecule has 0 radical (unpaired) electrons. The third kappa shape index (κ3) is 2.21. The second kappa shape index (κ2) is 4.29. The maximum Gasteiger partial charge on any atom is 0.358 e. The molecule has 1 aromatic carbocycles. The van der Waals surface area contributed by atoms with Crippen LogP contribution in [0, 0.1) is 13.8 Å². The third-order valence-corrected chi connectivity index (χ3v) is 3.65. The van der Waals surface area contributed by atoms with Crippen molar-refractivity contribution in [3.8, 4) is 5.69 Å². The first kappa shape index (κ1) is 11.8. The molecular weight excluding hydrogens is 286 g/mol. The normalized spacial score (nSPS) is 10.5. The van der Waals surface area contributed by atoms with Crippen LogP contribution in [0.2, 0.25) is 0 Å². The fourth-order valence-corrected chi connectivity index (χ4v) is 1.77. The van der Waals surface area contributed by atoms with Gasteiger partial charge < -0.3 is 5.11 Å². The topological polar surface area (TPSA) is 68.0 Å². The third-order valence-electron chi connectivity index (χ3n) is 2.40. The maximum atomic E-state index is 10.7. The van der Waals surface area contributed by atoms with Gasteiger partial charge in [0.1, 0.15) is 0 Å². The zero-order chi connectivity index (χ0) is 12.6. The van der Waals surface area contributed by atoms with Crippen molar-refractivity contribution in [1.29, 1.82) is 0 Å². The van der Waals surface area contributed by atoms with Gasteiger partial charge in [0.25, 0.3) is 0 Å². The van der Waals surface area contributed by atoms with E-state index >= 15 is 0 Å². The van der Waals surface area contributed by atoms with Crippen LogP contribution in [0.15, 0.2) is 22.8 Å². The molecule has 2 rings (SSSR count). The summed E-state index contributed by atoms with van der Waals surface area (Å²) in [7, 11) is 0. The van der Waals surface area contributed by atoms with Gasteiger partial charge >= 0.3 is 5.97 Å². The summed E-state index contributed by atoms with van der Waals surface area (Å²) in [5, 5.41) is 16.1. The van der Waals surface area contributed by atoms with E-state index in [1.54, 1.807) is 0 Å². The number of benzene rings is 1. The second-order valence-electron chi connectivity index (χ2n) is 3.75. The van der Waals surface area contributed by atoms with E-state index < -0.39 is 5.97 Å². The first-order valence-electron chi connectivity index (χ1n) is 4.92. The molecule has 88 valence electrons. The Morgan fingerprint density at radius 1 is 1.35 bits per heavy atom. The van der Waals surface area contributed by atoms with E-state index in [0.717, 1.165) is 21.3 Å². The fourth-order valence-electron chi connectivity index (χ4n) is 1.54. The summed E-state index contributed by atoms with van der Waals surface area (Å²) in [4.78, 5) is 10.7. The minimum atomic E-state index is -1.08. The number of aromatic nitrogens is 3. The van der Waals surface area contributed by atoms with Crippen molar-refractivity contribution in [2.45, 2.75) is 13.8 Å². The largest absolute Gasteiger partial charge is 0.476 e. The van der Waals surface area contributed by atoms with Gasteiger partial charge in [-0.2, -0.15) is 0 Å². The molecule has 0 spiro atoms. The number of hydrogen-bond donors (Lipinski definition) is 1. The van der Waals surface area contributed by atoms with E-state index in [-0.39, 0.29) is 5.69 Å². The number of carbonyl (C=O) groups is 1. The van der Waals surface area contributed by atoms with Crippen molar-refractivity contribution in [2.24, 2.45) is 0 Å². The van der Waals surface area contributed by atoms with Gasteiger partial charge in [-0.3, -0.25) is 0 Å². The predicted molar refractivity (Wildman–Crippen MR) is 65.5 cm³/mol. The van der Waals surface area contributed by atoms with Gasteiger partial charge in [0, 0.05) is 4.47 Å². The van der Waals surface area contributed by atoms with Gasteiger partial charge in [0.05, 0.1) is 11.9 Å². The van der Waals surface area contributed by atoms with Crippen LogP contribution in [0.5, 0.6) is 0 Å². The smallest absolute Gasteiger partial charge is 0.358 e. The van der Waals surface area contributed by atoms with Crippen LogP contribution in [0.3, 0.4) is 0 Å². The van der Waals surface area contributed by atoms with Crippen LogP contribution in [-0.4, -0.2) is 26.1 Å². The van der Waals surface area contributed by atoms with Gasteiger partial charge in [0.15, 0.2) is 5.69 Å². The summed E-state index contributed by atoms with van der Waals surface area (Å²) in [5.74, 6) is -1.08. The van der Waals surface area contributed by atoms with Crippen molar-refractivity contribution >= 4 is 21.9 Å². The van der Waals surface area contributed by atoms with Crippen LogP contribution >= 0.6 is 15.9 Å².